The molecule has 0 amide bonds. The van der Waals surface area contributed by atoms with Crippen LogP contribution in [0.1, 0.15) is 22.3 Å². The molecular formula is C51H31NO. The molecule has 0 saturated carbocycles. The summed E-state index contributed by atoms with van der Waals surface area (Å²) in [5.41, 5.74) is 15.0. The zero-order valence-corrected chi connectivity index (χ0v) is 28.8. The van der Waals surface area contributed by atoms with Gasteiger partial charge >= 0.3 is 0 Å². The Labute approximate surface area is 306 Å². The third kappa shape index (κ3) is 3.77. The fourth-order valence-corrected chi connectivity index (χ4v) is 9.69. The van der Waals surface area contributed by atoms with Crippen molar-refractivity contribution < 1.29 is 4.42 Å². The lowest BCUT2D eigenvalue weighted by Gasteiger charge is -2.32. The van der Waals surface area contributed by atoms with Crippen molar-refractivity contribution in [1.29, 1.82) is 0 Å². The quantitative estimate of drug-likeness (QED) is 0.186. The van der Waals surface area contributed by atoms with E-state index in [2.05, 4.69) is 193 Å². The van der Waals surface area contributed by atoms with Crippen LogP contribution in [0.2, 0.25) is 0 Å². The van der Waals surface area contributed by atoms with Crippen molar-refractivity contribution in [2.45, 2.75) is 5.41 Å². The molecule has 1 spiro atoms. The minimum absolute atomic E-state index is 0.442. The van der Waals surface area contributed by atoms with E-state index in [4.69, 9.17) is 4.42 Å². The molecule has 0 bridgehead atoms. The number of rotatable bonds is 3. The van der Waals surface area contributed by atoms with Gasteiger partial charge in [-0.1, -0.05) is 152 Å². The Morgan fingerprint density at radius 3 is 1.62 bits per heavy atom. The molecule has 0 unspecified atom stereocenters. The summed E-state index contributed by atoms with van der Waals surface area (Å²) in [6, 6.07) is 69.0. The van der Waals surface area contributed by atoms with Crippen LogP contribution < -0.4 is 4.90 Å². The van der Waals surface area contributed by atoms with Gasteiger partial charge in [-0.25, -0.2) is 0 Å². The van der Waals surface area contributed by atoms with Gasteiger partial charge < -0.3 is 9.32 Å². The molecular weight excluding hydrogens is 643 g/mol. The lowest BCUT2D eigenvalue weighted by atomic mass is 9.70. The Morgan fingerprint density at radius 2 is 0.906 bits per heavy atom. The molecule has 0 radical (unpaired) electrons. The van der Waals surface area contributed by atoms with Crippen LogP contribution in [0, 0.1) is 0 Å². The highest BCUT2D eigenvalue weighted by atomic mass is 16.3. The van der Waals surface area contributed by atoms with Gasteiger partial charge in [0.25, 0.3) is 0 Å². The fourth-order valence-electron chi connectivity index (χ4n) is 9.69. The van der Waals surface area contributed by atoms with Gasteiger partial charge in [-0.15, -0.1) is 0 Å². The Kier molecular flexibility index (Phi) is 5.73. The zero-order valence-electron chi connectivity index (χ0n) is 28.8. The molecule has 0 aliphatic heterocycles. The minimum Gasteiger partial charge on any atom is -0.454 e. The van der Waals surface area contributed by atoms with Crippen LogP contribution >= 0.6 is 0 Å². The SMILES string of the molecule is c1ccc2c(c1)-c1ccccc1C21c2ccccc2-c2ccc(N(c3ccc4ccccc4c3)c3cc4ccccc4c4c3oc3ccccc34)cc21. The van der Waals surface area contributed by atoms with Crippen molar-refractivity contribution >= 4 is 60.5 Å². The molecule has 10 aromatic rings. The van der Waals surface area contributed by atoms with E-state index in [0.717, 1.165) is 39.0 Å². The number of nitrogens with zero attached hydrogens (tertiary/aromatic N) is 1. The lowest BCUT2D eigenvalue weighted by molar-refractivity contribution is 0.669. The van der Waals surface area contributed by atoms with Gasteiger partial charge in [0.2, 0.25) is 0 Å². The van der Waals surface area contributed by atoms with Crippen LogP contribution in [0.4, 0.5) is 17.1 Å². The maximum atomic E-state index is 6.89. The third-order valence-electron chi connectivity index (χ3n) is 11.8. The molecule has 53 heavy (non-hydrogen) atoms. The molecule has 1 aromatic heterocycles. The molecule has 9 aromatic carbocycles. The number of benzene rings is 9. The van der Waals surface area contributed by atoms with Gasteiger partial charge in [0.1, 0.15) is 5.58 Å². The van der Waals surface area contributed by atoms with Crippen LogP contribution in [0.5, 0.6) is 0 Å². The molecule has 246 valence electrons. The molecule has 0 N–H and O–H groups in total. The highest BCUT2D eigenvalue weighted by Gasteiger charge is 2.51. The average molecular weight is 674 g/mol. The van der Waals surface area contributed by atoms with E-state index in [1.165, 1.54) is 66.1 Å². The third-order valence-corrected chi connectivity index (χ3v) is 11.8. The van der Waals surface area contributed by atoms with E-state index in [0.29, 0.717) is 0 Å². The Bertz CT molecular complexity index is 3080. The van der Waals surface area contributed by atoms with Gasteiger partial charge in [0.05, 0.1) is 11.1 Å². The number of para-hydroxylation sites is 1. The molecule has 2 heteroatoms. The summed E-state index contributed by atoms with van der Waals surface area (Å²) in [7, 11) is 0. The minimum atomic E-state index is -0.442. The smallest absolute Gasteiger partial charge is 0.160 e. The van der Waals surface area contributed by atoms with Crippen molar-refractivity contribution in [1.82, 2.24) is 0 Å². The van der Waals surface area contributed by atoms with Gasteiger partial charge in [0, 0.05) is 22.1 Å². The number of hydrogen-bond donors (Lipinski definition) is 0. The van der Waals surface area contributed by atoms with Crippen molar-refractivity contribution in [3.63, 3.8) is 0 Å². The Hall–Kier alpha value is -6.90. The standard InChI is InChI=1S/C51H31NO/c1-2-14-33-29-35(26-25-32(33)13-1)52(47-30-34-15-3-4-16-37(34)49-42-20-8-12-24-48(42)53-50(47)49)36-27-28-41-40-19-7-11-23-45(40)51(46(41)31-36)43-21-9-5-17-38(43)39-18-6-10-22-44(39)51/h1-31H. The zero-order chi connectivity index (χ0) is 34.7. The number of furan rings is 1. The topological polar surface area (TPSA) is 16.4 Å². The fraction of sp³-hybridized carbons (Fsp3) is 0.0196. The lowest BCUT2D eigenvalue weighted by Crippen LogP contribution is -2.26. The first-order valence-electron chi connectivity index (χ1n) is 18.3. The Balaban J connectivity index is 1.20. The van der Waals surface area contributed by atoms with Crippen LogP contribution in [0.15, 0.2) is 192 Å². The van der Waals surface area contributed by atoms with E-state index < -0.39 is 5.41 Å². The van der Waals surface area contributed by atoms with Crippen LogP contribution in [-0.4, -0.2) is 0 Å². The predicted molar refractivity (Wildman–Crippen MR) is 220 cm³/mol. The summed E-state index contributed by atoms with van der Waals surface area (Å²) < 4.78 is 6.89. The second-order valence-electron chi connectivity index (χ2n) is 14.4. The first kappa shape index (κ1) is 28.8. The summed E-state index contributed by atoms with van der Waals surface area (Å²) in [4.78, 5) is 2.42. The maximum Gasteiger partial charge on any atom is 0.160 e. The van der Waals surface area contributed by atoms with Crippen molar-refractivity contribution in [2.75, 3.05) is 4.90 Å². The van der Waals surface area contributed by atoms with E-state index in [1.807, 2.05) is 0 Å². The predicted octanol–water partition coefficient (Wildman–Crippen LogP) is 13.7. The normalized spacial score (nSPS) is 13.4. The van der Waals surface area contributed by atoms with Crippen LogP contribution in [0.25, 0.3) is 65.7 Å². The molecule has 1 heterocycles. The number of anilines is 3. The average Bonchev–Trinajstić information content (AvgIpc) is 3.86. The first-order valence-corrected chi connectivity index (χ1v) is 18.3. The largest absolute Gasteiger partial charge is 0.454 e. The summed E-state index contributed by atoms with van der Waals surface area (Å²) in [5.74, 6) is 0. The first-order chi connectivity index (χ1) is 26.3. The molecule has 2 nitrogen and oxygen atoms in total. The highest BCUT2D eigenvalue weighted by molar-refractivity contribution is 6.23. The number of hydrogen-bond acceptors (Lipinski definition) is 2. The van der Waals surface area contributed by atoms with Gasteiger partial charge in [0.15, 0.2) is 5.58 Å². The highest BCUT2D eigenvalue weighted by Crippen LogP contribution is 2.63. The monoisotopic (exact) mass is 673 g/mol. The van der Waals surface area contributed by atoms with Crippen molar-refractivity contribution in [3.05, 3.63) is 210 Å². The molecule has 0 atom stereocenters. The van der Waals surface area contributed by atoms with Crippen LogP contribution in [-0.2, 0) is 5.41 Å². The van der Waals surface area contributed by atoms with E-state index >= 15 is 0 Å². The van der Waals surface area contributed by atoms with Gasteiger partial charge in [-0.2, -0.15) is 0 Å². The molecule has 12 rings (SSSR count). The van der Waals surface area contributed by atoms with E-state index in [1.54, 1.807) is 0 Å². The summed E-state index contributed by atoms with van der Waals surface area (Å²) in [6.45, 7) is 0. The maximum absolute atomic E-state index is 6.89. The second kappa shape index (κ2) is 10.6. The molecule has 0 fully saturated rings. The molecule has 2 aliphatic carbocycles. The molecule has 2 aliphatic rings. The van der Waals surface area contributed by atoms with E-state index in [9.17, 15) is 0 Å². The summed E-state index contributed by atoms with van der Waals surface area (Å²) >= 11 is 0. The van der Waals surface area contributed by atoms with Crippen LogP contribution in [0.3, 0.4) is 0 Å². The van der Waals surface area contributed by atoms with E-state index in [-0.39, 0.29) is 0 Å². The van der Waals surface area contributed by atoms with Gasteiger partial charge in [-0.05, 0) is 102 Å². The summed E-state index contributed by atoms with van der Waals surface area (Å²) in [5, 5.41) is 7.05. The molecule has 0 saturated heterocycles. The Morgan fingerprint density at radius 1 is 0.377 bits per heavy atom. The van der Waals surface area contributed by atoms with Crippen molar-refractivity contribution in [2.24, 2.45) is 0 Å². The second-order valence-corrected chi connectivity index (χ2v) is 14.4. The number of fused-ring (bicyclic) bond motifs is 16. The van der Waals surface area contributed by atoms with Gasteiger partial charge in [-0.3, -0.25) is 0 Å². The van der Waals surface area contributed by atoms with Crippen molar-refractivity contribution in [3.8, 4) is 22.3 Å². The summed E-state index contributed by atoms with van der Waals surface area (Å²) in [6.07, 6.45) is 0.